The summed E-state index contributed by atoms with van der Waals surface area (Å²) in [5.41, 5.74) is 2.35. The maximum absolute atomic E-state index is 8.84. The standard InChI is InChI=1S/C14H19ClN2O/c1-10-7-14(18-4)13(15)8-12(10)5-6-17(3)11(2)9-16/h7-8,11H,5-6H2,1-4H3. The number of ether oxygens (including phenoxy) is 1. The van der Waals surface area contributed by atoms with Crippen LogP contribution in [0.1, 0.15) is 18.1 Å². The van der Waals surface area contributed by atoms with Gasteiger partial charge in [0.25, 0.3) is 0 Å². The van der Waals surface area contributed by atoms with Crippen molar-refractivity contribution < 1.29 is 4.74 Å². The number of rotatable bonds is 5. The lowest BCUT2D eigenvalue weighted by molar-refractivity contribution is 0.306. The number of hydrogen-bond donors (Lipinski definition) is 0. The van der Waals surface area contributed by atoms with Gasteiger partial charge in [0.1, 0.15) is 5.75 Å². The van der Waals surface area contributed by atoms with Crippen molar-refractivity contribution in [3.05, 3.63) is 28.3 Å². The molecule has 0 spiro atoms. The number of benzene rings is 1. The minimum absolute atomic E-state index is 0.0703. The molecule has 1 unspecified atom stereocenters. The van der Waals surface area contributed by atoms with E-state index < -0.39 is 0 Å². The second-order valence-electron chi connectivity index (χ2n) is 4.45. The minimum atomic E-state index is -0.0703. The van der Waals surface area contributed by atoms with E-state index in [-0.39, 0.29) is 6.04 Å². The number of nitrogens with zero attached hydrogens (tertiary/aromatic N) is 2. The van der Waals surface area contributed by atoms with Gasteiger partial charge >= 0.3 is 0 Å². The average molecular weight is 267 g/mol. The molecular weight excluding hydrogens is 248 g/mol. The molecule has 0 radical (unpaired) electrons. The minimum Gasteiger partial charge on any atom is -0.495 e. The van der Waals surface area contributed by atoms with Crippen LogP contribution in [0.5, 0.6) is 5.75 Å². The summed E-state index contributed by atoms with van der Waals surface area (Å²) >= 11 is 6.12. The number of halogens is 1. The van der Waals surface area contributed by atoms with E-state index in [1.165, 1.54) is 5.56 Å². The van der Waals surface area contributed by atoms with Gasteiger partial charge in [-0.2, -0.15) is 5.26 Å². The maximum Gasteiger partial charge on any atom is 0.137 e. The van der Waals surface area contributed by atoms with Crippen LogP contribution in [0, 0.1) is 18.3 Å². The van der Waals surface area contributed by atoms with Crippen LogP contribution in [0.4, 0.5) is 0 Å². The van der Waals surface area contributed by atoms with Crippen LogP contribution in [0.2, 0.25) is 5.02 Å². The highest BCUT2D eigenvalue weighted by atomic mass is 35.5. The molecule has 0 bridgehead atoms. The molecule has 1 aromatic rings. The van der Waals surface area contributed by atoms with Crippen molar-refractivity contribution in [2.75, 3.05) is 20.7 Å². The van der Waals surface area contributed by atoms with Crippen molar-refractivity contribution in [3.8, 4) is 11.8 Å². The van der Waals surface area contributed by atoms with E-state index in [9.17, 15) is 0 Å². The Labute approximate surface area is 114 Å². The molecule has 18 heavy (non-hydrogen) atoms. The molecule has 1 atom stereocenters. The second kappa shape index (κ2) is 6.63. The third-order valence-corrected chi connectivity index (χ3v) is 3.49. The molecule has 0 saturated heterocycles. The predicted octanol–water partition coefficient (Wildman–Crippen LogP) is 3.04. The Kier molecular flexibility index (Phi) is 5.46. The van der Waals surface area contributed by atoms with Crippen molar-refractivity contribution in [3.63, 3.8) is 0 Å². The molecule has 0 aromatic heterocycles. The van der Waals surface area contributed by atoms with E-state index in [0.717, 1.165) is 18.5 Å². The van der Waals surface area contributed by atoms with Crippen LogP contribution in [0.15, 0.2) is 12.1 Å². The monoisotopic (exact) mass is 266 g/mol. The van der Waals surface area contributed by atoms with Crippen LogP contribution in [-0.2, 0) is 6.42 Å². The number of nitriles is 1. The van der Waals surface area contributed by atoms with Gasteiger partial charge in [-0.25, -0.2) is 0 Å². The maximum atomic E-state index is 8.84. The first-order valence-electron chi connectivity index (χ1n) is 5.92. The summed E-state index contributed by atoms with van der Waals surface area (Å²) in [5.74, 6) is 0.705. The van der Waals surface area contributed by atoms with E-state index >= 15 is 0 Å². The molecule has 0 aliphatic heterocycles. The number of likely N-dealkylation sites (N-methyl/N-ethyl adjacent to an activating group) is 1. The fourth-order valence-electron chi connectivity index (χ4n) is 1.71. The van der Waals surface area contributed by atoms with Crippen molar-refractivity contribution in [1.29, 1.82) is 5.26 Å². The van der Waals surface area contributed by atoms with Crippen molar-refractivity contribution in [1.82, 2.24) is 4.90 Å². The summed E-state index contributed by atoms with van der Waals surface area (Å²) in [4.78, 5) is 2.03. The molecule has 0 aliphatic carbocycles. The van der Waals surface area contributed by atoms with Gasteiger partial charge in [-0.1, -0.05) is 11.6 Å². The highest BCUT2D eigenvalue weighted by molar-refractivity contribution is 6.32. The van der Waals surface area contributed by atoms with Crippen LogP contribution in [-0.4, -0.2) is 31.6 Å². The normalized spacial score (nSPS) is 12.3. The molecule has 3 nitrogen and oxygen atoms in total. The van der Waals surface area contributed by atoms with Crippen LogP contribution < -0.4 is 4.74 Å². The van der Waals surface area contributed by atoms with Crippen molar-refractivity contribution in [2.24, 2.45) is 0 Å². The molecule has 0 heterocycles. The summed E-state index contributed by atoms with van der Waals surface area (Å²) in [6.45, 7) is 4.77. The van der Waals surface area contributed by atoms with Crippen molar-refractivity contribution in [2.45, 2.75) is 26.3 Å². The topological polar surface area (TPSA) is 36.3 Å². The molecular formula is C14H19ClN2O. The third kappa shape index (κ3) is 3.63. The number of aryl methyl sites for hydroxylation is 1. The summed E-state index contributed by atoms with van der Waals surface area (Å²) in [6.07, 6.45) is 0.873. The molecule has 98 valence electrons. The van der Waals surface area contributed by atoms with Gasteiger partial charge < -0.3 is 4.74 Å². The smallest absolute Gasteiger partial charge is 0.137 e. The molecule has 0 saturated carbocycles. The Morgan fingerprint density at radius 1 is 1.50 bits per heavy atom. The van der Waals surface area contributed by atoms with E-state index in [4.69, 9.17) is 21.6 Å². The SMILES string of the molecule is COc1cc(C)c(CCN(C)C(C)C#N)cc1Cl. The summed E-state index contributed by atoms with van der Waals surface area (Å²) in [7, 11) is 3.57. The molecule has 0 amide bonds. The average Bonchev–Trinajstić information content (AvgIpc) is 2.37. The van der Waals surface area contributed by atoms with E-state index in [0.29, 0.717) is 10.8 Å². The van der Waals surface area contributed by atoms with Gasteiger partial charge in [0.15, 0.2) is 0 Å². The van der Waals surface area contributed by atoms with Gasteiger partial charge in [0.05, 0.1) is 24.2 Å². The molecule has 1 aromatic carbocycles. The lowest BCUT2D eigenvalue weighted by Gasteiger charge is -2.19. The molecule has 1 rings (SSSR count). The van der Waals surface area contributed by atoms with E-state index in [2.05, 4.69) is 6.07 Å². The van der Waals surface area contributed by atoms with Gasteiger partial charge in [-0.05, 0) is 50.6 Å². The number of methoxy groups -OCH3 is 1. The quantitative estimate of drug-likeness (QED) is 0.822. The predicted molar refractivity (Wildman–Crippen MR) is 74.2 cm³/mol. The van der Waals surface area contributed by atoms with Crippen molar-refractivity contribution >= 4 is 11.6 Å². The summed E-state index contributed by atoms with van der Waals surface area (Å²) in [5, 5.41) is 9.47. The zero-order valence-corrected chi connectivity index (χ0v) is 12.1. The van der Waals surface area contributed by atoms with Crippen LogP contribution >= 0.6 is 11.6 Å². The lowest BCUT2D eigenvalue weighted by atomic mass is 10.0. The van der Waals surface area contributed by atoms with Crippen LogP contribution in [0.25, 0.3) is 0 Å². The summed E-state index contributed by atoms with van der Waals surface area (Å²) in [6, 6.07) is 6.05. The second-order valence-corrected chi connectivity index (χ2v) is 4.86. The Hall–Kier alpha value is -1.24. The van der Waals surface area contributed by atoms with Gasteiger partial charge in [0.2, 0.25) is 0 Å². The molecule has 0 N–H and O–H groups in total. The lowest BCUT2D eigenvalue weighted by Crippen LogP contribution is -2.29. The highest BCUT2D eigenvalue weighted by Gasteiger charge is 2.10. The Bertz CT molecular complexity index is 454. The Balaban J connectivity index is 2.74. The molecule has 4 heteroatoms. The van der Waals surface area contributed by atoms with Crippen LogP contribution in [0.3, 0.4) is 0 Å². The summed E-state index contributed by atoms with van der Waals surface area (Å²) < 4.78 is 5.18. The van der Waals surface area contributed by atoms with Gasteiger partial charge in [-0.15, -0.1) is 0 Å². The highest BCUT2D eigenvalue weighted by Crippen LogP contribution is 2.28. The first kappa shape index (κ1) is 14.8. The zero-order chi connectivity index (χ0) is 13.7. The van der Waals surface area contributed by atoms with E-state index in [1.54, 1.807) is 7.11 Å². The number of hydrogen-bond acceptors (Lipinski definition) is 3. The third-order valence-electron chi connectivity index (χ3n) is 3.19. The van der Waals surface area contributed by atoms with Gasteiger partial charge in [0, 0.05) is 6.54 Å². The van der Waals surface area contributed by atoms with E-state index in [1.807, 2.05) is 37.9 Å². The van der Waals surface area contributed by atoms with Gasteiger partial charge in [-0.3, -0.25) is 4.90 Å². The first-order chi connectivity index (χ1) is 8.49. The molecule has 0 fully saturated rings. The zero-order valence-electron chi connectivity index (χ0n) is 11.3. The fraction of sp³-hybridized carbons (Fsp3) is 0.500. The first-order valence-corrected chi connectivity index (χ1v) is 6.30. The Morgan fingerprint density at radius 2 is 2.17 bits per heavy atom. The Morgan fingerprint density at radius 3 is 2.72 bits per heavy atom. The largest absolute Gasteiger partial charge is 0.495 e. The molecule has 0 aliphatic rings. The fourth-order valence-corrected chi connectivity index (χ4v) is 1.97.